The van der Waals surface area contributed by atoms with Crippen LogP contribution in [0.25, 0.3) is 0 Å². The molecule has 5 nitrogen and oxygen atoms in total. The Kier molecular flexibility index (Phi) is 3.87. The van der Waals surface area contributed by atoms with E-state index >= 15 is 0 Å². The molecule has 1 atom stereocenters. The van der Waals surface area contributed by atoms with Gasteiger partial charge in [0, 0.05) is 18.3 Å². The second kappa shape index (κ2) is 5.68. The second-order valence-corrected chi connectivity index (χ2v) is 6.02. The predicted molar refractivity (Wildman–Crippen MR) is 87.4 cm³/mol. The van der Waals surface area contributed by atoms with Gasteiger partial charge in [-0.3, -0.25) is 4.79 Å². The van der Waals surface area contributed by atoms with Gasteiger partial charge in [-0.2, -0.15) is 0 Å². The second-order valence-electron chi connectivity index (χ2n) is 5.25. The van der Waals surface area contributed by atoms with E-state index in [-0.39, 0.29) is 18.6 Å². The Morgan fingerprint density at radius 1 is 1.36 bits per heavy atom. The zero-order valence-electron chi connectivity index (χ0n) is 13.0. The quantitative estimate of drug-likeness (QED) is 0.839. The molecule has 0 amide bonds. The van der Waals surface area contributed by atoms with Crippen molar-refractivity contribution >= 4 is 22.7 Å². The van der Waals surface area contributed by atoms with Crippen LogP contribution < -0.4 is 9.47 Å². The average Bonchev–Trinajstić information content (AvgIpc) is 2.96. The monoisotopic (exact) mass is 318 g/mol. The van der Waals surface area contributed by atoms with Crippen molar-refractivity contribution in [3.63, 3.8) is 0 Å². The number of benzene rings is 1. The molecule has 0 spiro atoms. The summed E-state index contributed by atoms with van der Waals surface area (Å²) < 4.78 is 10.8. The number of rotatable bonds is 2. The molecular weight excluding hydrogens is 300 g/mol. The molecule has 0 fully saturated rings. The highest BCUT2D eigenvalue weighted by molar-refractivity contribution is 8.13. The van der Waals surface area contributed by atoms with Gasteiger partial charge in [-0.05, 0) is 37.8 Å². The van der Waals surface area contributed by atoms with Crippen LogP contribution in [0.2, 0.25) is 0 Å². The van der Waals surface area contributed by atoms with Gasteiger partial charge in [0.2, 0.25) is 6.79 Å². The minimum Gasteiger partial charge on any atom is -0.454 e. The van der Waals surface area contributed by atoms with Crippen molar-refractivity contribution in [2.24, 2.45) is 4.99 Å². The van der Waals surface area contributed by atoms with Crippen molar-refractivity contribution < 1.29 is 14.3 Å². The first-order chi connectivity index (χ1) is 10.5. The van der Waals surface area contributed by atoms with Crippen molar-refractivity contribution in [3.8, 4) is 11.5 Å². The lowest BCUT2D eigenvalue weighted by Gasteiger charge is -2.31. The summed E-state index contributed by atoms with van der Waals surface area (Å²) in [7, 11) is 1.93. The zero-order chi connectivity index (χ0) is 15.9. The number of hydrogen-bond acceptors (Lipinski definition) is 6. The maximum absolute atomic E-state index is 12.2. The minimum absolute atomic E-state index is 0.0379. The fourth-order valence-corrected chi connectivity index (χ4v) is 3.37. The van der Waals surface area contributed by atoms with Crippen LogP contribution in [0.15, 0.2) is 34.5 Å². The fraction of sp³-hybridized carbons (Fsp3) is 0.375. The van der Waals surface area contributed by atoms with E-state index in [9.17, 15) is 4.79 Å². The third kappa shape index (κ3) is 2.37. The summed E-state index contributed by atoms with van der Waals surface area (Å²) in [5.74, 6) is 1.48. The van der Waals surface area contributed by atoms with Crippen molar-refractivity contribution in [2.45, 2.75) is 19.9 Å². The SMILES string of the molecule is CSC1=N[C@@H](c2ccc3c(c2)OCO3)C(C(C)=O)=C(C)N1C. The van der Waals surface area contributed by atoms with Gasteiger partial charge in [-0.1, -0.05) is 17.8 Å². The third-order valence-corrected chi connectivity index (χ3v) is 4.71. The number of thioether (sulfide) groups is 1. The van der Waals surface area contributed by atoms with Gasteiger partial charge in [0.1, 0.15) is 6.04 Å². The third-order valence-electron chi connectivity index (χ3n) is 3.97. The molecule has 1 aromatic carbocycles. The van der Waals surface area contributed by atoms with Gasteiger partial charge in [-0.15, -0.1) is 0 Å². The van der Waals surface area contributed by atoms with E-state index in [0.717, 1.165) is 27.8 Å². The Morgan fingerprint density at radius 2 is 2.09 bits per heavy atom. The number of Topliss-reactive ketones (excluding diaryl/α,β-unsaturated/α-hetero) is 1. The summed E-state index contributed by atoms with van der Waals surface area (Å²) in [6.45, 7) is 3.79. The number of allylic oxidation sites excluding steroid dienone is 1. The molecule has 0 saturated heterocycles. The minimum atomic E-state index is -0.300. The smallest absolute Gasteiger partial charge is 0.231 e. The molecule has 0 bridgehead atoms. The molecule has 0 aliphatic carbocycles. The Labute approximate surface area is 134 Å². The first-order valence-corrected chi connectivity index (χ1v) is 8.22. The standard InChI is InChI=1S/C16H18N2O3S/c1-9-14(10(2)19)15(17-16(22-4)18(9)3)11-5-6-12-13(7-11)21-8-20-12/h5-7,15H,8H2,1-4H3/t15-/m0/s1. The Bertz CT molecular complexity index is 697. The van der Waals surface area contributed by atoms with Crippen LogP contribution in [0.4, 0.5) is 0 Å². The highest BCUT2D eigenvalue weighted by Gasteiger charge is 2.30. The number of carbonyl (C=O) groups excluding carboxylic acids is 1. The van der Waals surface area contributed by atoms with Crippen molar-refractivity contribution in [3.05, 3.63) is 35.0 Å². The summed E-state index contributed by atoms with van der Waals surface area (Å²) in [5, 5.41) is 0.894. The summed E-state index contributed by atoms with van der Waals surface area (Å²) in [6.07, 6.45) is 1.98. The Balaban J connectivity index is 2.09. The van der Waals surface area contributed by atoms with Crippen LogP contribution in [-0.4, -0.2) is 35.9 Å². The molecule has 0 saturated carbocycles. The molecule has 22 heavy (non-hydrogen) atoms. The van der Waals surface area contributed by atoms with E-state index in [1.807, 2.05) is 43.3 Å². The lowest BCUT2D eigenvalue weighted by Crippen LogP contribution is -2.31. The highest BCUT2D eigenvalue weighted by atomic mass is 32.2. The van der Waals surface area contributed by atoms with Gasteiger partial charge < -0.3 is 14.4 Å². The van der Waals surface area contributed by atoms with E-state index < -0.39 is 0 Å². The molecule has 1 aromatic rings. The largest absolute Gasteiger partial charge is 0.454 e. The molecule has 2 aliphatic heterocycles. The summed E-state index contributed by atoms with van der Waals surface area (Å²) in [6, 6.07) is 5.43. The first-order valence-electron chi connectivity index (χ1n) is 6.99. The van der Waals surface area contributed by atoms with Gasteiger partial charge in [0.05, 0.1) is 0 Å². The normalized spacial score (nSPS) is 20.3. The van der Waals surface area contributed by atoms with Crippen LogP contribution >= 0.6 is 11.8 Å². The molecule has 2 heterocycles. The number of carbonyl (C=O) groups is 1. The zero-order valence-corrected chi connectivity index (χ0v) is 13.9. The van der Waals surface area contributed by atoms with E-state index in [2.05, 4.69) is 0 Å². The summed E-state index contributed by atoms with van der Waals surface area (Å²) >= 11 is 1.57. The number of ether oxygens (including phenoxy) is 2. The van der Waals surface area contributed by atoms with Crippen molar-refractivity contribution in [2.75, 3.05) is 20.1 Å². The van der Waals surface area contributed by atoms with Gasteiger partial charge in [-0.25, -0.2) is 4.99 Å². The van der Waals surface area contributed by atoms with Crippen LogP contribution in [0.1, 0.15) is 25.5 Å². The van der Waals surface area contributed by atoms with E-state index in [1.165, 1.54) is 0 Å². The van der Waals surface area contributed by atoms with Crippen LogP contribution in [0, 0.1) is 0 Å². The molecule has 3 rings (SSSR count). The van der Waals surface area contributed by atoms with Crippen molar-refractivity contribution in [1.82, 2.24) is 4.90 Å². The maximum Gasteiger partial charge on any atom is 0.231 e. The molecule has 116 valence electrons. The number of ketones is 1. The summed E-state index contributed by atoms with van der Waals surface area (Å²) in [4.78, 5) is 18.9. The highest BCUT2D eigenvalue weighted by Crippen LogP contribution is 2.40. The number of amidine groups is 1. The topological polar surface area (TPSA) is 51.1 Å². The Morgan fingerprint density at radius 3 is 2.77 bits per heavy atom. The lowest BCUT2D eigenvalue weighted by atomic mass is 9.93. The number of nitrogens with zero attached hydrogens (tertiary/aromatic N) is 2. The van der Waals surface area contributed by atoms with Crippen LogP contribution in [0.3, 0.4) is 0 Å². The molecule has 0 N–H and O–H groups in total. The molecule has 0 radical (unpaired) electrons. The van der Waals surface area contributed by atoms with Gasteiger partial charge in [0.25, 0.3) is 0 Å². The molecular formula is C16H18N2O3S. The predicted octanol–water partition coefficient (Wildman–Crippen LogP) is 2.98. The number of aliphatic imine (C=N–C) groups is 1. The van der Waals surface area contributed by atoms with E-state index in [4.69, 9.17) is 14.5 Å². The lowest BCUT2D eigenvalue weighted by molar-refractivity contribution is -0.114. The Hall–Kier alpha value is -1.95. The van der Waals surface area contributed by atoms with Crippen LogP contribution in [0.5, 0.6) is 11.5 Å². The average molecular weight is 318 g/mol. The van der Waals surface area contributed by atoms with Gasteiger partial charge >= 0.3 is 0 Å². The maximum atomic E-state index is 12.2. The van der Waals surface area contributed by atoms with E-state index in [1.54, 1.807) is 18.7 Å². The molecule has 0 aromatic heterocycles. The number of hydrogen-bond donors (Lipinski definition) is 0. The molecule has 2 aliphatic rings. The fourth-order valence-electron chi connectivity index (χ4n) is 2.74. The summed E-state index contributed by atoms with van der Waals surface area (Å²) in [5.41, 5.74) is 2.60. The molecule has 6 heteroatoms. The number of fused-ring (bicyclic) bond motifs is 1. The first kappa shape index (κ1) is 15.0. The molecule has 0 unspecified atom stereocenters. The van der Waals surface area contributed by atoms with Crippen molar-refractivity contribution in [1.29, 1.82) is 0 Å². The van der Waals surface area contributed by atoms with Crippen LogP contribution in [-0.2, 0) is 4.79 Å². The van der Waals surface area contributed by atoms with Gasteiger partial charge in [0.15, 0.2) is 22.4 Å². The van der Waals surface area contributed by atoms with E-state index in [0.29, 0.717) is 5.75 Å².